The fourth-order valence-corrected chi connectivity index (χ4v) is 2.61. The molecule has 1 aliphatic rings. The minimum absolute atomic E-state index is 0.193. The molecule has 0 fully saturated rings. The van der Waals surface area contributed by atoms with Gasteiger partial charge in [0.1, 0.15) is 6.10 Å². The number of hydrogen-bond acceptors (Lipinski definition) is 2. The third-order valence-corrected chi connectivity index (χ3v) is 3.91. The molecule has 2 aromatic rings. The number of benzene rings is 2. The molecule has 102 valence electrons. The van der Waals surface area contributed by atoms with Gasteiger partial charge in [-0.1, -0.05) is 36.4 Å². The third kappa shape index (κ3) is 2.22. The van der Waals surface area contributed by atoms with Gasteiger partial charge in [-0.25, -0.2) is 4.99 Å². The maximum atomic E-state index is 5.78. The first-order valence-corrected chi connectivity index (χ1v) is 7.04. The van der Waals surface area contributed by atoms with Crippen LogP contribution in [0.15, 0.2) is 47.5 Å². The highest BCUT2D eigenvalue weighted by atomic mass is 16.5. The molecule has 0 bridgehead atoms. The maximum absolute atomic E-state index is 5.78. The molecule has 0 saturated carbocycles. The van der Waals surface area contributed by atoms with Crippen molar-refractivity contribution in [1.29, 1.82) is 0 Å². The summed E-state index contributed by atoms with van der Waals surface area (Å²) in [6.07, 6.45) is 0.193. The van der Waals surface area contributed by atoms with Gasteiger partial charge in [-0.05, 0) is 49.1 Å². The lowest BCUT2D eigenvalue weighted by molar-refractivity contribution is 0.246. The van der Waals surface area contributed by atoms with Gasteiger partial charge in [0.15, 0.2) is 0 Å². The van der Waals surface area contributed by atoms with Crippen LogP contribution in [0.2, 0.25) is 0 Å². The first-order chi connectivity index (χ1) is 9.66. The second kappa shape index (κ2) is 5.12. The van der Waals surface area contributed by atoms with Crippen molar-refractivity contribution in [2.75, 3.05) is 6.54 Å². The minimum Gasteiger partial charge on any atom is -0.472 e. The van der Waals surface area contributed by atoms with Gasteiger partial charge in [0, 0.05) is 5.56 Å². The van der Waals surface area contributed by atoms with E-state index in [0.29, 0.717) is 0 Å². The highest BCUT2D eigenvalue weighted by Crippen LogP contribution is 2.28. The van der Waals surface area contributed by atoms with Crippen LogP contribution >= 0.6 is 0 Å². The summed E-state index contributed by atoms with van der Waals surface area (Å²) in [5.41, 5.74) is 6.19. The molecule has 1 atom stereocenters. The van der Waals surface area contributed by atoms with Crippen LogP contribution in [-0.2, 0) is 4.74 Å². The first-order valence-electron chi connectivity index (χ1n) is 7.04. The number of ether oxygens (including phenoxy) is 1. The molecule has 0 N–H and O–H groups in total. The van der Waals surface area contributed by atoms with Crippen LogP contribution in [0, 0.1) is 13.8 Å². The molecule has 2 aromatic carbocycles. The Morgan fingerprint density at radius 1 is 0.950 bits per heavy atom. The zero-order valence-corrected chi connectivity index (χ0v) is 12.2. The van der Waals surface area contributed by atoms with Gasteiger partial charge >= 0.3 is 0 Å². The Hall–Kier alpha value is -2.09. The molecule has 3 rings (SSSR count). The van der Waals surface area contributed by atoms with E-state index in [1.165, 1.54) is 22.3 Å². The van der Waals surface area contributed by atoms with Crippen LogP contribution in [0.4, 0.5) is 0 Å². The Kier molecular flexibility index (Phi) is 3.31. The van der Waals surface area contributed by atoms with Crippen LogP contribution in [0.3, 0.4) is 0 Å². The van der Waals surface area contributed by atoms with E-state index >= 15 is 0 Å². The SMILES string of the molecule is Cc1c(C2=NCC(C)O2)ccc(-c2ccccc2)c1C. The van der Waals surface area contributed by atoms with Crippen molar-refractivity contribution in [2.45, 2.75) is 26.9 Å². The predicted molar refractivity (Wildman–Crippen MR) is 83.3 cm³/mol. The summed E-state index contributed by atoms with van der Waals surface area (Å²) in [6.45, 7) is 7.12. The van der Waals surface area contributed by atoms with Gasteiger partial charge in [-0.2, -0.15) is 0 Å². The average Bonchev–Trinajstić information content (AvgIpc) is 2.89. The fourth-order valence-electron chi connectivity index (χ4n) is 2.61. The van der Waals surface area contributed by atoms with E-state index in [1.807, 2.05) is 6.07 Å². The number of rotatable bonds is 2. The van der Waals surface area contributed by atoms with E-state index in [4.69, 9.17) is 4.74 Å². The lowest BCUT2D eigenvalue weighted by Crippen LogP contribution is -2.10. The molecule has 1 unspecified atom stereocenters. The molecule has 0 aromatic heterocycles. The molecule has 0 spiro atoms. The van der Waals surface area contributed by atoms with Crippen LogP contribution in [0.5, 0.6) is 0 Å². The summed E-state index contributed by atoms with van der Waals surface area (Å²) >= 11 is 0. The largest absolute Gasteiger partial charge is 0.472 e. The van der Waals surface area contributed by atoms with Crippen LogP contribution in [0.1, 0.15) is 23.6 Å². The Morgan fingerprint density at radius 3 is 2.25 bits per heavy atom. The third-order valence-electron chi connectivity index (χ3n) is 3.91. The van der Waals surface area contributed by atoms with Gasteiger partial charge in [-0.15, -0.1) is 0 Å². The molecule has 2 nitrogen and oxygen atoms in total. The van der Waals surface area contributed by atoms with Crippen molar-refractivity contribution < 1.29 is 4.74 Å². The van der Waals surface area contributed by atoms with E-state index in [9.17, 15) is 0 Å². The summed E-state index contributed by atoms with van der Waals surface area (Å²) in [6, 6.07) is 14.8. The Balaban J connectivity index is 2.04. The highest BCUT2D eigenvalue weighted by molar-refractivity contribution is 5.97. The predicted octanol–water partition coefficient (Wildman–Crippen LogP) is 4.14. The Morgan fingerprint density at radius 2 is 1.60 bits per heavy atom. The van der Waals surface area contributed by atoms with E-state index in [-0.39, 0.29) is 6.10 Å². The monoisotopic (exact) mass is 265 g/mol. The van der Waals surface area contributed by atoms with E-state index < -0.39 is 0 Å². The second-order valence-corrected chi connectivity index (χ2v) is 5.35. The molecular weight excluding hydrogens is 246 g/mol. The van der Waals surface area contributed by atoms with Crippen molar-refractivity contribution in [3.8, 4) is 11.1 Å². The van der Waals surface area contributed by atoms with Crippen molar-refractivity contribution >= 4 is 5.90 Å². The fraction of sp³-hybridized carbons (Fsp3) is 0.278. The molecule has 2 heteroatoms. The highest BCUT2D eigenvalue weighted by Gasteiger charge is 2.19. The summed E-state index contributed by atoms with van der Waals surface area (Å²) in [7, 11) is 0. The average molecular weight is 265 g/mol. The molecule has 0 saturated heterocycles. The van der Waals surface area contributed by atoms with E-state index in [1.54, 1.807) is 0 Å². The number of hydrogen-bond donors (Lipinski definition) is 0. The number of aliphatic imine (C=N–C) groups is 1. The molecular formula is C18H19NO. The molecule has 0 aliphatic carbocycles. The Bertz CT molecular complexity index is 659. The number of nitrogens with zero attached hydrogens (tertiary/aromatic N) is 1. The zero-order valence-electron chi connectivity index (χ0n) is 12.2. The quantitative estimate of drug-likeness (QED) is 0.800. The smallest absolute Gasteiger partial charge is 0.216 e. The van der Waals surface area contributed by atoms with Gasteiger partial charge in [-0.3, -0.25) is 0 Å². The van der Waals surface area contributed by atoms with Gasteiger partial charge in [0.2, 0.25) is 5.90 Å². The first kappa shape index (κ1) is 12.9. The summed E-state index contributed by atoms with van der Waals surface area (Å²) in [5.74, 6) is 0.790. The van der Waals surface area contributed by atoms with Crippen molar-refractivity contribution in [3.63, 3.8) is 0 Å². The van der Waals surface area contributed by atoms with Gasteiger partial charge < -0.3 is 4.74 Å². The topological polar surface area (TPSA) is 21.6 Å². The minimum atomic E-state index is 0.193. The molecule has 0 radical (unpaired) electrons. The van der Waals surface area contributed by atoms with Crippen molar-refractivity contribution in [2.24, 2.45) is 4.99 Å². The van der Waals surface area contributed by atoms with Crippen molar-refractivity contribution in [3.05, 3.63) is 59.2 Å². The van der Waals surface area contributed by atoms with Gasteiger partial charge in [0.05, 0.1) is 6.54 Å². The van der Waals surface area contributed by atoms with Crippen LogP contribution in [-0.4, -0.2) is 18.5 Å². The van der Waals surface area contributed by atoms with E-state index in [0.717, 1.165) is 18.0 Å². The summed E-state index contributed by atoms with van der Waals surface area (Å²) in [5, 5.41) is 0. The zero-order chi connectivity index (χ0) is 14.1. The lowest BCUT2D eigenvalue weighted by atomic mass is 9.93. The van der Waals surface area contributed by atoms with Crippen LogP contribution in [0.25, 0.3) is 11.1 Å². The molecule has 1 aliphatic heterocycles. The second-order valence-electron chi connectivity index (χ2n) is 5.35. The maximum Gasteiger partial charge on any atom is 0.216 e. The Labute approximate surface area is 120 Å². The van der Waals surface area contributed by atoms with Crippen LogP contribution < -0.4 is 0 Å². The lowest BCUT2D eigenvalue weighted by Gasteiger charge is -2.14. The molecule has 0 amide bonds. The molecule has 1 heterocycles. The van der Waals surface area contributed by atoms with Gasteiger partial charge in [0.25, 0.3) is 0 Å². The van der Waals surface area contributed by atoms with Crippen molar-refractivity contribution in [1.82, 2.24) is 0 Å². The molecule has 20 heavy (non-hydrogen) atoms. The van der Waals surface area contributed by atoms with E-state index in [2.05, 4.69) is 62.2 Å². The standard InChI is InChI=1S/C18H19NO/c1-12-11-19-18(20-12)17-10-9-16(13(2)14(17)3)15-7-5-4-6-8-15/h4-10,12H,11H2,1-3H3. The summed E-state index contributed by atoms with van der Waals surface area (Å²) < 4.78 is 5.78. The summed E-state index contributed by atoms with van der Waals surface area (Å²) in [4.78, 5) is 4.49. The normalized spacial score (nSPS) is 17.8.